The normalized spacial score (nSPS) is 12.2. The topological polar surface area (TPSA) is 45.2 Å². The molecule has 2 N–H and O–H groups in total. The summed E-state index contributed by atoms with van der Waals surface area (Å²) in [5, 5.41) is 13.1. The lowest BCUT2D eigenvalue weighted by molar-refractivity contribution is 0.173. The molecule has 0 aliphatic rings. The molecule has 0 spiro atoms. The van der Waals surface area contributed by atoms with E-state index in [2.05, 4.69) is 22.4 Å². The predicted octanol–water partition coefficient (Wildman–Crippen LogP) is 3.45. The van der Waals surface area contributed by atoms with Crippen LogP contribution >= 0.6 is 0 Å². The Hall–Kier alpha value is -1.87. The first-order valence-electron chi connectivity index (χ1n) is 6.63. The fourth-order valence-electron chi connectivity index (χ4n) is 1.98. The summed E-state index contributed by atoms with van der Waals surface area (Å²) in [6, 6.07) is 12.2. The van der Waals surface area contributed by atoms with Gasteiger partial charge in [-0.2, -0.15) is 0 Å². The van der Waals surface area contributed by atoms with Gasteiger partial charge in [-0.25, -0.2) is 4.98 Å². The Balaban J connectivity index is 2.05. The first kappa shape index (κ1) is 13.6. The minimum atomic E-state index is -0.422. The third-order valence-corrected chi connectivity index (χ3v) is 3.17. The molecule has 0 aliphatic heterocycles. The number of aromatic nitrogens is 1. The number of benzene rings is 1. The first-order chi connectivity index (χ1) is 9.20. The second-order valence-electron chi connectivity index (χ2n) is 4.70. The summed E-state index contributed by atoms with van der Waals surface area (Å²) in [6.45, 7) is 4.72. The quantitative estimate of drug-likeness (QED) is 0.861. The van der Waals surface area contributed by atoms with Gasteiger partial charge in [0.15, 0.2) is 0 Å². The molecule has 0 radical (unpaired) electrons. The van der Waals surface area contributed by atoms with E-state index in [0.29, 0.717) is 6.42 Å². The van der Waals surface area contributed by atoms with Gasteiger partial charge in [-0.05, 0) is 36.1 Å². The average molecular weight is 256 g/mol. The zero-order chi connectivity index (χ0) is 13.7. The highest BCUT2D eigenvalue weighted by molar-refractivity contribution is 5.45. The minimum absolute atomic E-state index is 0.422. The molecule has 0 aliphatic carbocycles. The molecule has 2 aromatic rings. The van der Waals surface area contributed by atoms with Crippen molar-refractivity contribution in [1.29, 1.82) is 0 Å². The van der Waals surface area contributed by atoms with Gasteiger partial charge < -0.3 is 10.4 Å². The van der Waals surface area contributed by atoms with E-state index in [-0.39, 0.29) is 0 Å². The van der Waals surface area contributed by atoms with Crippen LogP contribution in [0.15, 0.2) is 42.6 Å². The lowest BCUT2D eigenvalue weighted by Crippen LogP contribution is -2.05. The van der Waals surface area contributed by atoms with Crippen molar-refractivity contribution in [2.75, 3.05) is 5.32 Å². The molecule has 0 fully saturated rings. The van der Waals surface area contributed by atoms with Gasteiger partial charge >= 0.3 is 0 Å². The van der Waals surface area contributed by atoms with E-state index >= 15 is 0 Å². The maximum atomic E-state index is 9.79. The molecule has 3 heteroatoms. The van der Waals surface area contributed by atoms with Gasteiger partial charge in [0.1, 0.15) is 5.82 Å². The van der Waals surface area contributed by atoms with E-state index in [1.165, 1.54) is 5.56 Å². The second-order valence-corrected chi connectivity index (χ2v) is 4.70. The SMILES string of the molecule is CCC(O)c1cnc(NCc2ccccc2)c(C)c1. The van der Waals surface area contributed by atoms with E-state index < -0.39 is 6.10 Å². The monoisotopic (exact) mass is 256 g/mol. The van der Waals surface area contributed by atoms with Crippen LogP contribution in [0, 0.1) is 6.92 Å². The molecule has 100 valence electrons. The maximum Gasteiger partial charge on any atom is 0.129 e. The molecule has 3 nitrogen and oxygen atoms in total. The molecule has 1 unspecified atom stereocenters. The van der Waals surface area contributed by atoms with Gasteiger partial charge in [-0.1, -0.05) is 37.3 Å². The minimum Gasteiger partial charge on any atom is -0.388 e. The predicted molar refractivity (Wildman–Crippen MR) is 78.0 cm³/mol. The molecule has 1 aromatic heterocycles. The van der Waals surface area contributed by atoms with Crippen LogP contribution in [0.5, 0.6) is 0 Å². The number of aliphatic hydroxyl groups is 1. The van der Waals surface area contributed by atoms with Crippen molar-refractivity contribution in [1.82, 2.24) is 4.98 Å². The number of hydrogen-bond acceptors (Lipinski definition) is 3. The summed E-state index contributed by atoms with van der Waals surface area (Å²) in [4.78, 5) is 4.39. The van der Waals surface area contributed by atoms with E-state index in [0.717, 1.165) is 23.5 Å². The standard InChI is InChI=1S/C16H20N2O/c1-3-15(19)14-9-12(2)16(18-11-14)17-10-13-7-5-4-6-8-13/h4-9,11,15,19H,3,10H2,1-2H3,(H,17,18). The molecular formula is C16H20N2O. The van der Waals surface area contributed by atoms with Crippen molar-refractivity contribution >= 4 is 5.82 Å². The number of nitrogens with zero attached hydrogens (tertiary/aromatic N) is 1. The molecule has 19 heavy (non-hydrogen) atoms. The van der Waals surface area contributed by atoms with Crippen LogP contribution in [0.2, 0.25) is 0 Å². The fraction of sp³-hybridized carbons (Fsp3) is 0.312. The number of hydrogen-bond donors (Lipinski definition) is 2. The summed E-state index contributed by atoms with van der Waals surface area (Å²) in [5.41, 5.74) is 3.16. The van der Waals surface area contributed by atoms with Crippen molar-refractivity contribution in [3.05, 3.63) is 59.3 Å². The van der Waals surface area contributed by atoms with Crippen LogP contribution in [0.25, 0.3) is 0 Å². The highest BCUT2D eigenvalue weighted by Gasteiger charge is 2.07. The second kappa shape index (κ2) is 6.34. The molecule has 0 amide bonds. The smallest absolute Gasteiger partial charge is 0.129 e. The Morgan fingerprint density at radius 1 is 1.26 bits per heavy atom. The van der Waals surface area contributed by atoms with Crippen LogP contribution in [-0.4, -0.2) is 10.1 Å². The van der Waals surface area contributed by atoms with Crippen LogP contribution in [0.1, 0.15) is 36.1 Å². The van der Waals surface area contributed by atoms with E-state index in [4.69, 9.17) is 0 Å². The maximum absolute atomic E-state index is 9.79. The lowest BCUT2D eigenvalue weighted by atomic mass is 10.1. The zero-order valence-corrected chi connectivity index (χ0v) is 11.4. The Labute approximate surface area is 114 Å². The number of aryl methyl sites for hydroxylation is 1. The van der Waals surface area contributed by atoms with E-state index in [9.17, 15) is 5.11 Å². The van der Waals surface area contributed by atoms with Gasteiger partial charge in [0, 0.05) is 12.7 Å². The summed E-state index contributed by atoms with van der Waals surface area (Å²) in [6.07, 6.45) is 2.03. The van der Waals surface area contributed by atoms with Gasteiger partial charge in [0.25, 0.3) is 0 Å². The highest BCUT2D eigenvalue weighted by atomic mass is 16.3. The van der Waals surface area contributed by atoms with Gasteiger partial charge in [-0.3, -0.25) is 0 Å². The molecule has 2 rings (SSSR count). The molecule has 0 bridgehead atoms. The zero-order valence-electron chi connectivity index (χ0n) is 11.4. The first-order valence-corrected chi connectivity index (χ1v) is 6.63. The molecule has 0 saturated carbocycles. The number of pyridine rings is 1. The van der Waals surface area contributed by atoms with Crippen LogP contribution in [-0.2, 0) is 6.54 Å². The summed E-state index contributed by atoms with van der Waals surface area (Å²) in [5.74, 6) is 0.871. The van der Waals surface area contributed by atoms with Crippen molar-refractivity contribution in [2.24, 2.45) is 0 Å². The van der Waals surface area contributed by atoms with Crippen molar-refractivity contribution in [3.63, 3.8) is 0 Å². The Bertz CT molecular complexity index is 526. The molecule has 1 aromatic carbocycles. The molecule has 0 saturated heterocycles. The lowest BCUT2D eigenvalue weighted by Gasteiger charge is -2.12. The van der Waals surface area contributed by atoms with Crippen LogP contribution in [0.3, 0.4) is 0 Å². The number of anilines is 1. The van der Waals surface area contributed by atoms with Crippen LogP contribution in [0.4, 0.5) is 5.82 Å². The largest absolute Gasteiger partial charge is 0.388 e. The third-order valence-electron chi connectivity index (χ3n) is 3.17. The average Bonchev–Trinajstić information content (AvgIpc) is 2.46. The Kier molecular flexibility index (Phi) is 4.53. The van der Waals surface area contributed by atoms with Crippen molar-refractivity contribution < 1.29 is 5.11 Å². The van der Waals surface area contributed by atoms with E-state index in [1.807, 2.05) is 38.1 Å². The summed E-state index contributed by atoms with van der Waals surface area (Å²) in [7, 11) is 0. The van der Waals surface area contributed by atoms with Gasteiger partial charge in [0.2, 0.25) is 0 Å². The third kappa shape index (κ3) is 3.55. The van der Waals surface area contributed by atoms with E-state index in [1.54, 1.807) is 6.20 Å². The number of aliphatic hydroxyl groups excluding tert-OH is 1. The van der Waals surface area contributed by atoms with Crippen molar-refractivity contribution in [3.8, 4) is 0 Å². The summed E-state index contributed by atoms with van der Waals surface area (Å²) >= 11 is 0. The Morgan fingerprint density at radius 2 is 2.00 bits per heavy atom. The summed E-state index contributed by atoms with van der Waals surface area (Å²) < 4.78 is 0. The highest BCUT2D eigenvalue weighted by Crippen LogP contribution is 2.20. The van der Waals surface area contributed by atoms with Gasteiger partial charge in [0.05, 0.1) is 6.10 Å². The van der Waals surface area contributed by atoms with Crippen molar-refractivity contribution in [2.45, 2.75) is 32.9 Å². The molecule has 1 atom stereocenters. The molecular weight excluding hydrogens is 236 g/mol. The number of nitrogens with one attached hydrogen (secondary N) is 1. The number of rotatable bonds is 5. The molecule has 1 heterocycles. The van der Waals surface area contributed by atoms with Gasteiger partial charge in [-0.15, -0.1) is 0 Å². The van der Waals surface area contributed by atoms with Crippen LogP contribution < -0.4 is 5.32 Å². The fourth-order valence-corrected chi connectivity index (χ4v) is 1.98. The Morgan fingerprint density at radius 3 is 2.63 bits per heavy atom.